The van der Waals surface area contributed by atoms with Gasteiger partial charge in [0.15, 0.2) is 0 Å². The molecule has 2 aromatic carbocycles. The monoisotopic (exact) mass is 278 g/mol. The van der Waals surface area contributed by atoms with Gasteiger partial charge in [-0.05, 0) is 48.7 Å². The second-order valence-electron chi connectivity index (χ2n) is 5.10. The van der Waals surface area contributed by atoms with Gasteiger partial charge < -0.3 is 4.74 Å². The summed E-state index contributed by atoms with van der Waals surface area (Å²) in [6.07, 6.45) is 4.74. The van der Waals surface area contributed by atoms with Crippen molar-refractivity contribution in [2.45, 2.75) is 32.6 Å². The average molecular weight is 278 g/mol. The van der Waals surface area contributed by atoms with E-state index in [-0.39, 0.29) is 0 Å². The number of rotatable bonds is 5. The predicted octanol–water partition coefficient (Wildman–Crippen LogP) is 4.83. The van der Waals surface area contributed by atoms with E-state index in [9.17, 15) is 0 Å². The third-order valence-electron chi connectivity index (χ3n) is 3.48. The van der Waals surface area contributed by atoms with Crippen molar-refractivity contribution in [1.82, 2.24) is 0 Å². The highest BCUT2D eigenvalue weighted by Gasteiger charge is 2.02. The van der Waals surface area contributed by atoms with Crippen LogP contribution in [0.4, 0.5) is 0 Å². The first-order chi connectivity index (χ1) is 10.3. The molecule has 0 aliphatic heterocycles. The molecule has 0 N–H and O–H groups in total. The van der Waals surface area contributed by atoms with Gasteiger partial charge in [-0.15, -0.1) is 0 Å². The number of hydrogen-bond donors (Lipinski definition) is 0. The molecule has 0 bridgehead atoms. The van der Waals surface area contributed by atoms with Crippen LogP contribution in [0.1, 0.15) is 42.9 Å². The summed E-state index contributed by atoms with van der Waals surface area (Å²) in [4.78, 5) is 0. The van der Waals surface area contributed by atoms with E-state index in [0.29, 0.717) is 0 Å². The van der Waals surface area contributed by atoms with Gasteiger partial charge >= 0.3 is 0 Å². The van der Waals surface area contributed by atoms with Crippen LogP contribution in [0.15, 0.2) is 48.5 Å². The molecule has 0 spiro atoms. The highest BCUT2D eigenvalue weighted by atomic mass is 16.5. The Morgan fingerprint density at radius 3 is 2.48 bits per heavy atom. The fourth-order valence-corrected chi connectivity index (χ4v) is 2.25. The van der Waals surface area contributed by atoms with Crippen molar-refractivity contribution >= 4 is 0 Å². The molecule has 0 radical (unpaired) electrons. The average Bonchev–Trinajstić information content (AvgIpc) is 2.54. The van der Waals surface area contributed by atoms with Crippen LogP contribution in [0.5, 0.6) is 5.75 Å². The van der Waals surface area contributed by atoms with Crippen molar-refractivity contribution in [2.24, 2.45) is 0 Å². The van der Waals surface area contributed by atoms with Crippen LogP contribution in [0.25, 0.3) is 0 Å². The Bertz CT molecular complexity index is 617. The van der Waals surface area contributed by atoms with Crippen LogP contribution < -0.4 is 4.74 Å². The van der Waals surface area contributed by atoms with Crippen molar-refractivity contribution in [2.75, 3.05) is 7.11 Å². The minimum Gasteiger partial charge on any atom is -0.497 e. The minimum absolute atomic E-state index is 0.909. The molecule has 0 aliphatic carbocycles. The highest BCUT2D eigenvalue weighted by molar-refractivity contribution is 5.49. The van der Waals surface area contributed by atoms with Crippen molar-refractivity contribution in [3.05, 3.63) is 65.2 Å². The number of hydrogen-bond acceptors (Lipinski definition) is 1. The number of benzene rings is 2. The summed E-state index contributed by atoms with van der Waals surface area (Å²) in [6.45, 7) is 2.22. The Morgan fingerprint density at radius 1 is 0.952 bits per heavy atom. The lowest BCUT2D eigenvalue weighted by Crippen LogP contribution is -1.93. The third-order valence-corrected chi connectivity index (χ3v) is 3.48. The molecule has 0 unspecified atom stereocenters. The van der Waals surface area contributed by atoms with Crippen LogP contribution >= 0.6 is 0 Å². The molecule has 1 heteroatoms. The molecular formula is C20H22O. The van der Waals surface area contributed by atoms with Gasteiger partial charge in [-0.3, -0.25) is 0 Å². The van der Waals surface area contributed by atoms with Gasteiger partial charge in [-0.2, -0.15) is 0 Å². The Hall–Kier alpha value is -2.20. The van der Waals surface area contributed by atoms with Crippen molar-refractivity contribution < 1.29 is 4.74 Å². The fourth-order valence-electron chi connectivity index (χ4n) is 2.25. The Kier molecular flexibility index (Phi) is 5.91. The standard InChI is InChI=1S/C20H22O/c1-3-4-6-11-19-16-20(21-2)15-14-18(19)13-12-17-9-7-5-8-10-17/h5,7-10,14-16H,3-4,6,11H2,1-2H3. The first kappa shape index (κ1) is 15.2. The maximum Gasteiger partial charge on any atom is 0.119 e. The number of methoxy groups -OCH3 is 1. The highest BCUT2D eigenvalue weighted by Crippen LogP contribution is 2.19. The summed E-state index contributed by atoms with van der Waals surface area (Å²) >= 11 is 0. The van der Waals surface area contributed by atoms with Crippen molar-refractivity contribution in [3.8, 4) is 17.6 Å². The molecule has 2 rings (SSSR count). The molecule has 2 aromatic rings. The molecular weight excluding hydrogens is 256 g/mol. The van der Waals surface area contributed by atoms with Gasteiger partial charge in [0.1, 0.15) is 5.75 Å². The molecule has 0 aliphatic rings. The van der Waals surface area contributed by atoms with Gasteiger partial charge in [-0.1, -0.05) is 49.8 Å². The zero-order valence-electron chi connectivity index (χ0n) is 12.9. The molecule has 0 amide bonds. The van der Waals surface area contributed by atoms with E-state index >= 15 is 0 Å². The van der Waals surface area contributed by atoms with Crippen LogP contribution in [-0.4, -0.2) is 7.11 Å². The van der Waals surface area contributed by atoms with E-state index in [0.717, 1.165) is 23.3 Å². The first-order valence-electron chi connectivity index (χ1n) is 7.57. The lowest BCUT2D eigenvalue weighted by Gasteiger charge is -2.07. The summed E-state index contributed by atoms with van der Waals surface area (Å²) in [5.41, 5.74) is 3.44. The zero-order chi connectivity index (χ0) is 14.9. The van der Waals surface area contributed by atoms with E-state index < -0.39 is 0 Å². The molecule has 1 nitrogen and oxygen atoms in total. The summed E-state index contributed by atoms with van der Waals surface area (Å²) in [7, 11) is 1.71. The Labute approximate surface area is 128 Å². The molecule has 0 saturated carbocycles. The largest absolute Gasteiger partial charge is 0.497 e. The maximum absolute atomic E-state index is 5.33. The zero-order valence-corrected chi connectivity index (χ0v) is 12.9. The van der Waals surface area contributed by atoms with Gasteiger partial charge in [0, 0.05) is 11.1 Å². The first-order valence-corrected chi connectivity index (χ1v) is 7.57. The summed E-state index contributed by atoms with van der Waals surface area (Å²) in [6, 6.07) is 16.3. The molecule has 0 atom stereocenters. The lowest BCUT2D eigenvalue weighted by atomic mass is 10.0. The van der Waals surface area contributed by atoms with Gasteiger partial charge in [0.25, 0.3) is 0 Å². The van der Waals surface area contributed by atoms with Crippen LogP contribution in [0.2, 0.25) is 0 Å². The third kappa shape index (κ3) is 4.68. The molecule has 21 heavy (non-hydrogen) atoms. The molecule has 108 valence electrons. The quantitative estimate of drug-likeness (QED) is 0.562. The van der Waals surface area contributed by atoms with Gasteiger partial charge in [-0.25, -0.2) is 0 Å². The van der Waals surface area contributed by atoms with Crippen LogP contribution in [0, 0.1) is 11.8 Å². The van der Waals surface area contributed by atoms with Crippen LogP contribution in [-0.2, 0) is 6.42 Å². The second kappa shape index (κ2) is 8.17. The normalized spacial score (nSPS) is 9.81. The predicted molar refractivity (Wildman–Crippen MR) is 88.6 cm³/mol. The summed E-state index contributed by atoms with van der Waals surface area (Å²) in [5, 5.41) is 0. The van der Waals surface area contributed by atoms with Crippen molar-refractivity contribution in [1.29, 1.82) is 0 Å². The number of aryl methyl sites for hydroxylation is 1. The SMILES string of the molecule is CCCCCc1cc(OC)ccc1C#Cc1ccccc1. The van der Waals surface area contributed by atoms with E-state index in [4.69, 9.17) is 4.74 Å². The summed E-state index contributed by atoms with van der Waals surface area (Å²) in [5.74, 6) is 7.45. The number of ether oxygens (including phenoxy) is 1. The fraction of sp³-hybridized carbons (Fsp3) is 0.300. The van der Waals surface area contributed by atoms with Crippen molar-refractivity contribution in [3.63, 3.8) is 0 Å². The molecule has 0 heterocycles. The Balaban J connectivity index is 2.23. The van der Waals surface area contributed by atoms with E-state index in [1.807, 2.05) is 36.4 Å². The van der Waals surface area contributed by atoms with Gasteiger partial charge in [0.2, 0.25) is 0 Å². The maximum atomic E-state index is 5.33. The van der Waals surface area contributed by atoms with Gasteiger partial charge in [0.05, 0.1) is 7.11 Å². The van der Waals surface area contributed by atoms with E-state index in [1.165, 1.54) is 24.8 Å². The molecule has 0 aromatic heterocycles. The van der Waals surface area contributed by atoms with Crippen LogP contribution in [0.3, 0.4) is 0 Å². The number of unbranched alkanes of at least 4 members (excludes halogenated alkanes) is 2. The summed E-state index contributed by atoms with van der Waals surface area (Å²) < 4.78 is 5.33. The molecule has 0 saturated heterocycles. The Morgan fingerprint density at radius 2 is 1.76 bits per heavy atom. The molecule has 0 fully saturated rings. The second-order valence-corrected chi connectivity index (χ2v) is 5.10. The topological polar surface area (TPSA) is 9.23 Å². The lowest BCUT2D eigenvalue weighted by molar-refractivity contribution is 0.414. The van der Waals surface area contributed by atoms with E-state index in [1.54, 1.807) is 7.11 Å². The minimum atomic E-state index is 0.909. The van der Waals surface area contributed by atoms with E-state index in [2.05, 4.69) is 30.9 Å². The smallest absolute Gasteiger partial charge is 0.119 e.